The Balaban J connectivity index is 1.42. The SMILES string of the molecule is CN(C)c1cncc(-c2ccc3[nH]nc(-c4nc5c(-c6cc(F)cc(CNS(C)(=O)=O)c6)nccc5[nH]4)c3c2)c1. The summed E-state index contributed by atoms with van der Waals surface area (Å²) in [5.74, 6) is 0.0270. The van der Waals surface area contributed by atoms with Crippen molar-refractivity contribution in [2.75, 3.05) is 25.3 Å². The van der Waals surface area contributed by atoms with Crippen molar-refractivity contribution in [1.29, 1.82) is 0 Å². The number of hydrogen-bond acceptors (Lipinski definition) is 7. The van der Waals surface area contributed by atoms with E-state index in [1.807, 2.05) is 49.6 Å². The number of anilines is 1. The second kappa shape index (κ2) is 9.81. The summed E-state index contributed by atoms with van der Waals surface area (Å²) >= 11 is 0. The van der Waals surface area contributed by atoms with E-state index in [1.165, 1.54) is 12.1 Å². The van der Waals surface area contributed by atoms with Crippen LogP contribution in [-0.2, 0) is 16.6 Å². The quantitative estimate of drug-likeness (QED) is 0.264. The number of fused-ring (bicyclic) bond motifs is 2. The van der Waals surface area contributed by atoms with Crippen molar-refractivity contribution in [3.63, 3.8) is 0 Å². The van der Waals surface area contributed by atoms with Crippen LogP contribution in [0.15, 0.2) is 67.1 Å². The molecule has 0 saturated carbocycles. The van der Waals surface area contributed by atoms with Gasteiger partial charge in [-0.2, -0.15) is 5.10 Å². The van der Waals surface area contributed by atoms with Crippen LogP contribution in [0.5, 0.6) is 0 Å². The summed E-state index contributed by atoms with van der Waals surface area (Å²) in [5, 5.41) is 8.48. The summed E-state index contributed by atoms with van der Waals surface area (Å²) in [5.41, 5.74) is 7.10. The lowest BCUT2D eigenvalue weighted by molar-refractivity contribution is 0.586. The van der Waals surface area contributed by atoms with Gasteiger partial charge >= 0.3 is 0 Å². The van der Waals surface area contributed by atoms with Crippen LogP contribution in [0.1, 0.15) is 5.56 Å². The van der Waals surface area contributed by atoms with Crippen LogP contribution in [-0.4, -0.2) is 58.9 Å². The van der Waals surface area contributed by atoms with Crippen molar-refractivity contribution in [3.8, 4) is 33.9 Å². The number of benzene rings is 2. The standard InChI is InChI=1S/C28H25FN8O2S/c1-37(2)21-11-19(14-30-15-21)17-4-5-23-22(12-17)26(36-35-23)28-33-24-6-7-31-25(27(24)34-28)18-8-16(9-20(29)10-18)13-32-40(3,38)39/h4-12,14-15,32H,13H2,1-3H3,(H,33,34)(H,35,36). The number of imidazole rings is 1. The highest BCUT2D eigenvalue weighted by molar-refractivity contribution is 7.88. The van der Waals surface area contributed by atoms with E-state index in [9.17, 15) is 12.8 Å². The van der Waals surface area contributed by atoms with Crippen LogP contribution in [0.25, 0.3) is 55.8 Å². The molecule has 0 aliphatic heterocycles. The Labute approximate surface area is 229 Å². The van der Waals surface area contributed by atoms with Gasteiger partial charge in [-0.3, -0.25) is 15.1 Å². The van der Waals surface area contributed by atoms with Gasteiger partial charge in [-0.25, -0.2) is 22.5 Å². The molecule has 0 aliphatic carbocycles. The molecule has 3 N–H and O–H groups in total. The van der Waals surface area contributed by atoms with Crippen LogP contribution in [0.4, 0.5) is 10.1 Å². The van der Waals surface area contributed by atoms with Crippen LogP contribution in [0.3, 0.4) is 0 Å². The van der Waals surface area contributed by atoms with Crippen LogP contribution in [0.2, 0.25) is 0 Å². The Morgan fingerprint density at radius 3 is 2.60 bits per heavy atom. The lowest BCUT2D eigenvalue weighted by Crippen LogP contribution is -2.21. The number of sulfonamides is 1. The van der Waals surface area contributed by atoms with E-state index in [-0.39, 0.29) is 6.54 Å². The number of pyridine rings is 2. The van der Waals surface area contributed by atoms with Crippen LogP contribution >= 0.6 is 0 Å². The van der Waals surface area contributed by atoms with E-state index in [2.05, 4.69) is 35.9 Å². The fourth-order valence-corrected chi connectivity index (χ4v) is 5.00. The molecule has 0 amide bonds. The third-order valence-electron chi connectivity index (χ3n) is 6.53. The van der Waals surface area contributed by atoms with Crippen LogP contribution in [0, 0.1) is 5.82 Å². The number of rotatable bonds is 7. The Morgan fingerprint density at radius 2 is 1.80 bits per heavy atom. The highest BCUT2D eigenvalue weighted by atomic mass is 32.2. The maximum absolute atomic E-state index is 14.5. The third kappa shape index (κ3) is 5.01. The Bertz CT molecular complexity index is 2000. The predicted octanol–water partition coefficient (Wildman–Crippen LogP) is 4.48. The van der Waals surface area contributed by atoms with Gasteiger partial charge in [0, 0.05) is 49.5 Å². The fourth-order valence-electron chi connectivity index (χ4n) is 4.57. The van der Waals surface area contributed by atoms with Crippen molar-refractivity contribution >= 4 is 37.6 Å². The molecule has 6 rings (SSSR count). The van der Waals surface area contributed by atoms with Crippen molar-refractivity contribution in [3.05, 3.63) is 78.5 Å². The van der Waals surface area contributed by atoms with Crippen LogP contribution < -0.4 is 9.62 Å². The summed E-state index contributed by atoms with van der Waals surface area (Å²) in [6, 6.07) is 14.2. The molecule has 12 heteroatoms. The molecule has 0 atom stereocenters. The normalized spacial score (nSPS) is 11.9. The number of nitrogens with one attached hydrogen (secondary N) is 3. The van der Waals surface area contributed by atoms with Gasteiger partial charge in [-0.1, -0.05) is 6.07 Å². The summed E-state index contributed by atoms with van der Waals surface area (Å²) < 4.78 is 40.0. The molecule has 0 fully saturated rings. The molecule has 0 radical (unpaired) electrons. The Hall–Kier alpha value is -4.68. The van der Waals surface area contributed by atoms with Crippen molar-refractivity contribution < 1.29 is 12.8 Å². The summed E-state index contributed by atoms with van der Waals surface area (Å²) in [4.78, 5) is 19.0. The van der Waals surface area contributed by atoms with Crippen molar-refractivity contribution in [2.24, 2.45) is 0 Å². The number of halogens is 1. The molecule has 4 heterocycles. The summed E-state index contributed by atoms with van der Waals surface area (Å²) in [7, 11) is 0.509. The molecule has 6 aromatic rings. The van der Waals surface area contributed by atoms with E-state index in [4.69, 9.17) is 4.98 Å². The number of aromatic nitrogens is 6. The molecular formula is C28H25FN8O2S. The zero-order valence-corrected chi connectivity index (χ0v) is 22.7. The summed E-state index contributed by atoms with van der Waals surface area (Å²) in [6.45, 7) is -0.0417. The third-order valence-corrected chi connectivity index (χ3v) is 7.20. The molecule has 10 nitrogen and oxygen atoms in total. The molecule has 202 valence electrons. The molecule has 0 bridgehead atoms. The Morgan fingerprint density at radius 1 is 0.950 bits per heavy atom. The Kier molecular flexibility index (Phi) is 6.28. The van der Waals surface area contributed by atoms with Gasteiger partial charge in [-0.05, 0) is 53.6 Å². The average Bonchev–Trinajstić information content (AvgIpc) is 3.55. The number of hydrogen-bond donors (Lipinski definition) is 3. The van der Waals surface area contributed by atoms with Gasteiger partial charge in [0.05, 0.1) is 34.9 Å². The lowest BCUT2D eigenvalue weighted by Gasteiger charge is -2.13. The van der Waals surface area contributed by atoms with Gasteiger partial charge in [0.2, 0.25) is 10.0 Å². The first-order valence-corrected chi connectivity index (χ1v) is 14.2. The first-order valence-electron chi connectivity index (χ1n) is 12.3. The van der Waals surface area contributed by atoms with Crippen molar-refractivity contribution in [1.82, 2.24) is 34.9 Å². The smallest absolute Gasteiger partial charge is 0.209 e. The topological polar surface area (TPSA) is 133 Å². The van der Waals surface area contributed by atoms with E-state index in [0.717, 1.165) is 34.0 Å². The molecule has 0 unspecified atom stereocenters. The number of nitrogens with zero attached hydrogens (tertiary/aromatic N) is 5. The predicted molar refractivity (Wildman–Crippen MR) is 154 cm³/mol. The highest BCUT2D eigenvalue weighted by Gasteiger charge is 2.17. The zero-order chi connectivity index (χ0) is 28.0. The van der Waals surface area contributed by atoms with Gasteiger partial charge in [0.15, 0.2) is 5.82 Å². The molecule has 2 aromatic carbocycles. The maximum atomic E-state index is 14.5. The minimum atomic E-state index is -3.44. The molecule has 40 heavy (non-hydrogen) atoms. The lowest BCUT2D eigenvalue weighted by atomic mass is 10.0. The molecule has 4 aromatic heterocycles. The van der Waals surface area contributed by atoms with Crippen molar-refractivity contribution in [2.45, 2.75) is 6.54 Å². The number of aromatic amines is 2. The zero-order valence-electron chi connectivity index (χ0n) is 21.9. The van der Waals surface area contributed by atoms with E-state index in [0.29, 0.717) is 39.4 Å². The average molecular weight is 557 g/mol. The van der Waals surface area contributed by atoms with E-state index < -0.39 is 15.8 Å². The fraction of sp³-hybridized carbons (Fsp3) is 0.143. The maximum Gasteiger partial charge on any atom is 0.209 e. The first kappa shape index (κ1) is 25.6. The van der Waals surface area contributed by atoms with Gasteiger partial charge < -0.3 is 9.88 Å². The molecule has 0 spiro atoms. The largest absolute Gasteiger partial charge is 0.376 e. The van der Waals surface area contributed by atoms with Gasteiger partial charge in [0.25, 0.3) is 0 Å². The minimum absolute atomic E-state index is 0.0417. The first-order chi connectivity index (χ1) is 19.1. The highest BCUT2D eigenvalue weighted by Crippen LogP contribution is 2.33. The van der Waals surface area contributed by atoms with Gasteiger partial charge in [0.1, 0.15) is 17.0 Å². The van der Waals surface area contributed by atoms with E-state index in [1.54, 1.807) is 18.3 Å². The second-order valence-electron chi connectivity index (χ2n) is 9.74. The minimum Gasteiger partial charge on any atom is -0.376 e. The molecule has 0 aliphatic rings. The molecular weight excluding hydrogens is 531 g/mol. The van der Waals surface area contributed by atoms with Gasteiger partial charge in [-0.15, -0.1) is 0 Å². The second-order valence-corrected chi connectivity index (χ2v) is 11.6. The summed E-state index contributed by atoms with van der Waals surface area (Å²) in [6.07, 6.45) is 6.31. The monoisotopic (exact) mass is 556 g/mol. The molecule has 0 saturated heterocycles. The van der Waals surface area contributed by atoms with E-state index >= 15 is 0 Å². The number of H-pyrrole nitrogens is 2.